The molecule has 0 saturated carbocycles. The van der Waals surface area contributed by atoms with Gasteiger partial charge >= 0.3 is 0 Å². The van der Waals surface area contributed by atoms with Crippen LogP contribution >= 0.6 is 0 Å². The van der Waals surface area contributed by atoms with E-state index in [1.54, 1.807) is 0 Å². The number of rotatable bonds is 3. The van der Waals surface area contributed by atoms with E-state index < -0.39 is 11.4 Å². The fraction of sp³-hybridized carbons (Fsp3) is 0.562. The molecular weight excluding hydrogens is 259 g/mol. The maximum Gasteiger partial charge on any atom is 0.163 e. The second kappa shape index (κ2) is 4.85. The van der Waals surface area contributed by atoms with Crippen molar-refractivity contribution in [3.05, 3.63) is 29.6 Å². The van der Waals surface area contributed by atoms with Crippen LogP contribution < -0.4 is 4.74 Å². The van der Waals surface area contributed by atoms with Gasteiger partial charge in [0.15, 0.2) is 5.78 Å². The number of carbonyl (C=O) groups excluding carboxylic acids is 1. The van der Waals surface area contributed by atoms with Gasteiger partial charge in [-0.1, -0.05) is 0 Å². The smallest absolute Gasteiger partial charge is 0.163 e. The quantitative estimate of drug-likeness (QED) is 0.791. The van der Waals surface area contributed by atoms with Crippen molar-refractivity contribution in [3.8, 4) is 5.75 Å². The van der Waals surface area contributed by atoms with E-state index in [0.29, 0.717) is 12.2 Å². The lowest BCUT2D eigenvalue weighted by molar-refractivity contribution is -0.0846. The van der Waals surface area contributed by atoms with Gasteiger partial charge in [-0.2, -0.15) is 0 Å². The van der Waals surface area contributed by atoms with Crippen molar-refractivity contribution in [3.63, 3.8) is 0 Å². The van der Waals surface area contributed by atoms with E-state index in [9.17, 15) is 9.18 Å². The van der Waals surface area contributed by atoms with Gasteiger partial charge < -0.3 is 9.47 Å². The molecule has 0 aromatic heterocycles. The lowest BCUT2D eigenvalue weighted by Crippen LogP contribution is -2.37. The summed E-state index contributed by atoms with van der Waals surface area (Å²) in [6, 6.07) is 4.02. The van der Waals surface area contributed by atoms with Crippen LogP contribution in [-0.2, 0) is 4.74 Å². The molecule has 110 valence electrons. The van der Waals surface area contributed by atoms with Crippen LogP contribution in [0, 0.1) is 5.82 Å². The normalized spacial score (nSPS) is 23.6. The molecule has 1 atom stereocenters. The number of hydrogen-bond acceptors (Lipinski definition) is 3. The third-order valence-corrected chi connectivity index (χ3v) is 3.58. The van der Waals surface area contributed by atoms with Crippen LogP contribution in [0.1, 0.15) is 51.4 Å². The zero-order valence-corrected chi connectivity index (χ0v) is 12.6. The van der Waals surface area contributed by atoms with Gasteiger partial charge in [-0.25, -0.2) is 4.39 Å². The van der Waals surface area contributed by atoms with Crippen LogP contribution in [0.15, 0.2) is 18.2 Å². The molecule has 1 unspecified atom stereocenters. The number of hydrogen-bond donors (Lipinski definition) is 0. The first-order valence-corrected chi connectivity index (χ1v) is 6.78. The van der Waals surface area contributed by atoms with E-state index in [1.807, 2.05) is 27.7 Å². The number of Topliss-reactive ketones (excluding diaryl/α,β-unsaturated/α-hetero) is 1. The highest BCUT2D eigenvalue weighted by Gasteiger charge is 2.47. The Morgan fingerprint density at radius 2 is 2.00 bits per heavy atom. The molecule has 1 aromatic carbocycles. The molecular formula is C16H21FO3. The van der Waals surface area contributed by atoms with E-state index in [2.05, 4.69) is 0 Å². The summed E-state index contributed by atoms with van der Waals surface area (Å²) in [5.41, 5.74) is -0.457. The summed E-state index contributed by atoms with van der Waals surface area (Å²) >= 11 is 0. The molecule has 0 radical (unpaired) electrons. The summed E-state index contributed by atoms with van der Waals surface area (Å²) in [6.07, 6.45) is 0.537. The van der Waals surface area contributed by atoms with Crippen LogP contribution in [0.2, 0.25) is 0 Å². The Kier molecular flexibility index (Phi) is 3.63. The van der Waals surface area contributed by atoms with Crippen molar-refractivity contribution in [1.29, 1.82) is 0 Å². The molecule has 0 bridgehead atoms. The Bertz CT molecular complexity index is 535. The van der Waals surface area contributed by atoms with Crippen LogP contribution in [0.4, 0.5) is 4.39 Å². The average Bonchev–Trinajstić information content (AvgIpc) is 2.48. The van der Waals surface area contributed by atoms with Crippen molar-refractivity contribution >= 4 is 5.78 Å². The van der Waals surface area contributed by atoms with E-state index >= 15 is 0 Å². The van der Waals surface area contributed by atoms with E-state index in [0.717, 1.165) is 0 Å². The molecule has 0 spiro atoms. The molecule has 1 saturated heterocycles. The Balaban J connectivity index is 2.29. The van der Waals surface area contributed by atoms with Gasteiger partial charge in [0, 0.05) is 6.42 Å². The monoisotopic (exact) mass is 280 g/mol. The molecule has 1 aromatic rings. The Morgan fingerprint density at radius 1 is 1.35 bits per heavy atom. The van der Waals surface area contributed by atoms with Gasteiger partial charge in [0.25, 0.3) is 0 Å². The van der Waals surface area contributed by atoms with Crippen molar-refractivity contribution < 1.29 is 18.7 Å². The Morgan fingerprint density at radius 3 is 2.50 bits per heavy atom. The predicted molar refractivity (Wildman–Crippen MR) is 74.7 cm³/mol. The average molecular weight is 280 g/mol. The predicted octanol–water partition coefficient (Wildman–Crippen LogP) is 3.75. The van der Waals surface area contributed by atoms with Crippen molar-refractivity contribution in [2.45, 2.75) is 58.3 Å². The first kappa shape index (κ1) is 15.0. The van der Waals surface area contributed by atoms with Gasteiger partial charge in [0.1, 0.15) is 23.3 Å². The van der Waals surface area contributed by atoms with E-state index in [1.165, 1.54) is 25.1 Å². The maximum atomic E-state index is 13.3. The lowest BCUT2D eigenvalue weighted by atomic mass is 9.97. The minimum atomic E-state index is -0.452. The van der Waals surface area contributed by atoms with Gasteiger partial charge in [-0.15, -0.1) is 0 Å². The second-order valence-corrected chi connectivity index (χ2v) is 6.47. The third kappa shape index (κ3) is 3.01. The Hall–Kier alpha value is -1.42. The number of benzene rings is 1. The van der Waals surface area contributed by atoms with Crippen molar-refractivity contribution in [2.24, 2.45) is 0 Å². The van der Waals surface area contributed by atoms with Crippen LogP contribution in [0.25, 0.3) is 0 Å². The van der Waals surface area contributed by atoms with Crippen LogP contribution in [0.5, 0.6) is 5.75 Å². The number of ether oxygens (including phenoxy) is 2. The summed E-state index contributed by atoms with van der Waals surface area (Å²) < 4.78 is 25.2. The SMILES string of the molecule is CC(=O)c1cc(F)ccc1OC1CC(C)(C)OC1(C)C. The number of carbonyl (C=O) groups is 1. The van der Waals surface area contributed by atoms with Crippen molar-refractivity contribution in [1.82, 2.24) is 0 Å². The highest BCUT2D eigenvalue weighted by Crippen LogP contribution is 2.40. The number of ketones is 1. The van der Waals surface area contributed by atoms with Crippen LogP contribution in [0.3, 0.4) is 0 Å². The first-order chi connectivity index (χ1) is 9.11. The summed E-state index contributed by atoms with van der Waals surface area (Å²) in [7, 11) is 0. The van der Waals surface area contributed by atoms with Crippen LogP contribution in [-0.4, -0.2) is 23.1 Å². The van der Waals surface area contributed by atoms with Gasteiger partial charge in [-0.3, -0.25) is 4.79 Å². The molecule has 1 aliphatic heterocycles. The maximum absolute atomic E-state index is 13.3. The molecule has 20 heavy (non-hydrogen) atoms. The zero-order chi connectivity index (χ0) is 15.1. The largest absolute Gasteiger partial charge is 0.487 e. The highest BCUT2D eigenvalue weighted by molar-refractivity contribution is 5.96. The van der Waals surface area contributed by atoms with Gasteiger partial charge in [-0.05, 0) is 52.8 Å². The zero-order valence-electron chi connectivity index (χ0n) is 12.6. The molecule has 0 amide bonds. The minimum absolute atomic E-state index is 0.180. The molecule has 0 N–H and O–H groups in total. The Labute approximate surface area is 119 Å². The second-order valence-electron chi connectivity index (χ2n) is 6.47. The van der Waals surface area contributed by atoms with Gasteiger partial charge in [0.2, 0.25) is 0 Å². The fourth-order valence-electron chi connectivity index (χ4n) is 2.73. The lowest BCUT2D eigenvalue weighted by Gasteiger charge is -2.28. The molecule has 1 heterocycles. The first-order valence-electron chi connectivity index (χ1n) is 6.78. The molecule has 1 fully saturated rings. The van der Waals surface area contributed by atoms with Gasteiger partial charge in [0.05, 0.1) is 11.2 Å². The highest BCUT2D eigenvalue weighted by atomic mass is 19.1. The summed E-state index contributed by atoms with van der Waals surface area (Å²) in [6.45, 7) is 9.35. The molecule has 0 aliphatic carbocycles. The summed E-state index contributed by atoms with van der Waals surface area (Å²) in [5, 5.41) is 0. The standard InChI is InChI=1S/C16H21FO3/c1-10(18)12-8-11(17)6-7-13(12)19-14-9-15(2,3)20-16(14,4)5/h6-8,14H,9H2,1-5H3. The van der Waals surface area contributed by atoms with Crippen molar-refractivity contribution in [2.75, 3.05) is 0 Å². The summed E-state index contributed by atoms with van der Waals surface area (Å²) in [5.74, 6) is -0.237. The van der Waals surface area contributed by atoms with E-state index in [4.69, 9.17) is 9.47 Å². The fourth-order valence-corrected chi connectivity index (χ4v) is 2.73. The minimum Gasteiger partial charge on any atom is -0.487 e. The number of halogens is 1. The van der Waals surface area contributed by atoms with E-state index in [-0.39, 0.29) is 23.1 Å². The molecule has 2 rings (SSSR count). The molecule has 1 aliphatic rings. The summed E-state index contributed by atoms with van der Waals surface area (Å²) in [4.78, 5) is 11.6. The molecule has 3 nitrogen and oxygen atoms in total. The topological polar surface area (TPSA) is 35.5 Å². The molecule has 4 heteroatoms. The third-order valence-electron chi connectivity index (χ3n) is 3.58.